The van der Waals surface area contributed by atoms with Gasteiger partial charge in [-0.05, 0) is 58.9 Å². The summed E-state index contributed by atoms with van der Waals surface area (Å²) in [4.78, 5) is 48.7. The predicted octanol–water partition coefficient (Wildman–Crippen LogP) is 3.74. The van der Waals surface area contributed by atoms with Crippen molar-refractivity contribution in [3.05, 3.63) is 0 Å². The Morgan fingerprint density at radius 1 is 1.00 bits per heavy atom. The zero-order valence-corrected chi connectivity index (χ0v) is 24.0. The van der Waals surface area contributed by atoms with E-state index in [1.165, 1.54) is 24.2 Å². The van der Waals surface area contributed by atoms with Crippen LogP contribution in [0.4, 0.5) is 9.59 Å². The molecular weight excluding hydrogens is 500 g/mol. The van der Waals surface area contributed by atoms with E-state index in [2.05, 4.69) is 21.3 Å². The van der Waals surface area contributed by atoms with Crippen molar-refractivity contribution in [2.24, 2.45) is 16.8 Å². The van der Waals surface area contributed by atoms with Gasteiger partial charge in [-0.1, -0.05) is 32.1 Å². The summed E-state index contributed by atoms with van der Waals surface area (Å²) >= 11 is 0. The Kier molecular flexibility index (Phi) is 11.8. The number of piperidine rings is 2. The number of nitrogens with one attached hydrogen (secondary N) is 1. The molecule has 11 heteroatoms. The van der Waals surface area contributed by atoms with Crippen LogP contribution in [0.3, 0.4) is 0 Å². The van der Waals surface area contributed by atoms with E-state index in [1.54, 1.807) is 13.8 Å². The summed E-state index contributed by atoms with van der Waals surface area (Å²) in [6.07, 6.45) is 8.01. The van der Waals surface area contributed by atoms with Crippen LogP contribution in [0, 0.1) is 23.2 Å². The minimum absolute atomic E-state index is 0.167. The lowest BCUT2D eigenvalue weighted by atomic mass is 9.87. The minimum Gasteiger partial charge on any atom is -0.466 e. The summed E-state index contributed by atoms with van der Waals surface area (Å²) in [5, 5.41) is 13.1. The molecule has 0 aromatic rings. The van der Waals surface area contributed by atoms with Gasteiger partial charge in [0, 0.05) is 32.7 Å². The fourth-order valence-electron chi connectivity index (χ4n) is 5.73. The minimum atomic E-state index is -0.974. The molecule has 2 heterocycles. The van der Waals surface area contributed by atoms with Crippen LogP contribution in [-0.4, -0.2) is 97.3 Å². The number of nitrogens with zero attached hydrogens (tertiary/aromatic N) is 5. The van der Waals surface area contributed by atoms with Crippen molar-refractivity contribution in [1.82, 2.24) is 20.0 Å². The van der Waals surface area contributed by atoms with Crippen LogP contribution in [0.1, 0.15) is 78.1 Å². The van der Waals surface area contributed by atoms with Gasteiger partial charge in [0.05, 0.1) is 25.2 Å². The van der Waals surface area contributed by atoms with Gasteiger partial charge < -0.3 is 24.6 Å². The van der Waals surface area contributed by atoms with Crippen molar-refractivity contribution in [1.29, 1.82) is 5.26 Å². The third kappa shape index (κ3) is 8.82. The average molecular weight is 547 g/mol. The molecule has 2 aliphatic heterocycles. The highest BCUT2D eigenvalue weighted by atomic mass is 16.5. The van der Waals surface area contributed by atoms with E-state index < -0.39 is 17.7 Å². The van der Waals surface area contributed by atoms with Crippen LogP contribution in [0.25, 0.3) is 0 Å². The topological polar surface area (TPSA) is 128 Å². The molecule has 3 aliphatic rings. The number of aliphatic imine (C=N–C) groups is 1. The summed E-state index contributed by atoms with van der Waals surface area (Å²) < 4.78 is 10.3. The molecule has 3 amide bonds. The van der Waals surface area contributed by atoms with Crippen LogP contribution >= 0.6 is 0 Å². The van der Waals surface area contributed by atoms with Crippen molar-refractivity contribution in [3.8, 4) is 6.07 Å². The summed E-state index contributed by atoms with van der Waals surface area (Å²) in [7, 11) is 2.00. The van der Waals surface area contributed by atoms with E-state index in [0.29, 0.717) is 70.9 Å². The molecule has 0 aromatic heterocycles. The summed E-state index contributed by atoms with van der Waals surface area (Å²) in [5.41, 5.74) is -0.974. The van der Waals surface area contributed by atoms with Gasteiger partial charge in [-0.15, -0.1) is 4.99 Å². The van der Waals surface area contributed by atoms with Crippen molar-refractivity contribution in [3.63, 3.8) is 0 Å². The molecule has 0 spiro atoms. The molecule has 3 fully saturated rings. The van der Waals surface area contributed by atoms with Gasteiger partial charge in [0.2, 0.25) is 5.96 Å². The molecule has 2 saturated heterocycles. The van der Waals surface area contributed by atoms with Crippen molar-refractivity contribution in [2.45, 2.75) is 83.6 Å². The maximum absolute atomic E-state index is 13.9. The second-order valence-electron chi connectivity index (χ2n) is 11.0. The number of carbonyl (C=O) groups excluding carboxylic acids is 3. The molecule has 0 unspecified atom stereocenters. The zero-order valence-electron chi connectivity index (χ0n) is 24.0. The molecule has 218 valence electrons. The molecule has 1 N–H and O–H groups in total. The molecule has 1 aliphatic carbocycles. The summed E-state index contributed by atoms with van der Waals surface area (Å²) in [6.45, 7) is 6.70. The number of urea groups is 1. The first-order valence-electron chi connectivity index (χ1n) is 14.7. The number of rotatable bonds is 7. The largest absolute Gasteiger partial charge is 0.466 e. The SMILES string of the molecule is CCOC(=O)N=C(N1CCC(C(=O)OCC)CC1)N(CCC1CCCCC1)C(=O)NC1(C#N)CCN(C)CC1. The van der Waals surface area contributed by atoms with E-state index in [0.717, 1.165) is 19.3 Å². The number of hydrogen-bond donors (Lipinski definition) is 1. The summed E-state index contributed by atoms with van der Waals surface area (Å²) in [5.74, 6) is 0.285. The number of hydrogen-bond acceptors (Lipinski definition) is 7. The Bertz CT molecular complexity index is 897. The van der Waals surface area contributed by atoms with Crippen LogP contribution in [-0.2, 0) is 14.3 Å². The number of esters is 1. The lowest BCUT2D eigenvalue weighted by Gasteiger charge is -2.40. The Balaban J connectivity index is 1.85. The number of carbonyl (C=O) groups is 3. The molecule has 39 heavy (non-hydrogen) atoms. The molecule has 0 radical (unpaired) electrons. The molecular formula is C28H46N6O5. The highest BCUT2D eigenvalue weighted by molar-refractivity contribution is 6.00. The molecule has 1 saturated carbocycles. The first-order valence-corrected chi connectivity index (χ1v) is 14.7. The van der Waals surface area contributed by atoms with Crippen LogP contribution in [0.5, 0.6) is 0 Å². The monoisotopic (exact) mass is 546 g/mol. The van der Waals surface area contributed by atoms with Gasteiger partial charge >= 0.3 is 18.1 Å². The van der Waals surface area contributed by atoms with Crippen LogP contribution < -0.4 is 5.32 Å². The molecule has 0 bridgehead atoms. The van der Waals surface area contributed by atoms with Gasteiger partial charge in [0.25, 0.3) is 0 Å². The Labute approximate surface area is 232 Å². The van der Waals surface area contributed by atoms with E-state index in [1.807, 2.05) is 11.9 Å². The lowest BCUT2D eigenvalue weighted by molar-refractivity contribution is -0.149. The normalized spacial score (nSPS) is 21.1. The molecule has 11 nitrogen and oxygen atoms in total. The van der Waals surface area contributed by atoms with Gasteiger partial charge in [-0.25, -0.2) is 9.59 Å². The van der Waals surface area contributed by atoms with Gasteiger partial charge in [0.1, 0.15) is 5.54 Å². The van der Waals surface area contributed by atoms with E-state index in [9.17, 15) is 19.6 Å². The van der Waals surface area contributed by atoms with E-state index in [-0.39, 0.29) is 24.5 Å². The quantitative estimate of drug-likeness (QED) is 0.291. The second-order valence-corrected chi connectivity index (χ2v) is 11.0. The first-order chi connectivity index (χ1) is 18.8. The fraction of sp³-hybridized carbons (Fsp3) is 0.821. The average Bonchev–Trinajstić information content (AvgIpc) is 2.95. The molecule has 0 atom stereocenters. The Hall–Kier alpha value is -2.87. The van der Waals surface area contributed by atoms with Crippen molar-refractivity contribution in [2.75, 3.05) is 53.0 Å². The maximum atomic E-state index is 13.9. The Morgan fingerprint density at radius 2 is 1.64 bits per heavy atom. The second kappa shape index (κ2) is 15.1. The number of amides is 3. The van der Waals surface area contributed by atoms with E-state index >= 15 is 0 Å². The molecule has 3 rings (SSSR count). The number of ether oxygens (including phenoxy) is 2. The first kappa shape index (κ1) is 30.7. The highest BCUT2D eigenvalue weighted by Crippen LogP contribution is 2.28. The van der Waals surface area contributed by atoms with Crippen LogP contribution in [0.15, 0.2) is 4.99 Å². The highest BCUT2D eigenvalue weighted by Gasteiger charge is 2.39. The van der Waals surface area contributed by atoms with Crippen molar-refractivity contribution >= 4 is 24.1 Å². The van der Waals surface area contributed by atoms with Gasteiger partial charge in [0.15, 0.2) is 0 Å². The van der Waals surface area contributed by atoms with Crippen molar-refractivity contribution < 1.29 is 23.9 Å². The fourth-order valence-corrected chi connectivity index (χ4v) is 5.73. The number of nitriles is 1. The van der Waals surface area contributed by atoms with E-state index in [4.69, 9.17) is 9.47 Å². The standard InChI is InChI=1S/C28H46N6O5/c1-4-38-24(35)23-12-16-33(17-13-23)25(30-27(37)39-5-2)34(18-11-22-9-7-6-8-10-22)26(36)31-28(21-29)14-19-32(3)20-15-28/h22-23H,4-20H2,1-3H3,(H,31,36). The predicted molar refractivity (Wildman–Crippen MR) is 147 cm³/mol. The third-order valence-corrected chi connectivity index (χ3v) is 8.23. The third-order valence-electron chi connectivity index (χ3n) is 8.23. The lowest BCUT2D eigenvalue weighted by Crippen LogP contribution is -2.60. The zero-order chi connectivity index (χ0) is 28.3. The smallest absolute Gasteiger partial charge is 0.436 e. The van der Waals surface area contributed by atoms with Gasteiger partial charge in [-0.3, -0.25) is 9.69 Å². The Morgan fingerprint density at radius 3 is 2.23 bits per heavy atom. The molecule has 0 aromatic carbocycles. The number of likely N-dealkylation sites (tertiary alicyclic amines) is 2. The summed E-state index contributed by atoms with van der Waals surface area (Å²) in [6, 6.07) is 1.93. The van der Waals surface area contributed by atoms with Crippen LogP contribution in [0.2, 0.25) is 0 Å². The number of guanidine groups is 1. The van der Waals surface area contributed by atoms with Gasteiger partial charge in [-0.2, -0.15) is 5.26 Å². The maximum Gasteiger partial charge on any atom is 0.436 e.